The van der Waals surface area contributed by atoms with Crippen molar-refractivity contribution < 1.29 is 0 Å². The third-order valence-electron chi connectivity index (χ3n) is 2.24. The molecule has 1 aromatic rings. The lowest BCUT2D eigenvalue weighted by Crippen LogP contribution is -2.23. The number of benzene rings is 1. The van der Waals surface area contributed by atoms with Crippen molar-refractivity contribution in [3.8, 4) is 12.3 Å². The van der Waals surface area contributed by atoms with Gasteiger partial charge in [-0.1, -0.05) is 12.0 Å². The van der Waals surface area contributed by atoms with Crippen molar-refractivity contribution in [1.82, 2.24) is 0 Å². The van der Waals surface area contributed by atoms with Crippen LogP contribution in [0.5, 0.6) is 0 Å². The molecule has 0 aliphatic carbocycles. The monoisotopic (exact) mass is 188 g/mol. The van der Waals surface area contributed by atoms with Gasteiger partial charge in [0.15, 0.2) is 0 Å². The van der Waals surface area contributed by atoms with Gasteiger partial charge in [0.2, 0.25) is 0 Å². The van der Waals surface area contributed by atoms with Gasteiger partial charge in [-0.3, -0.25) is 0 Å². The summed E-state index contributed by atoms with van der Waals surface area (Å²) < 4.78 is 0. The topological polar surface area (TPSA) is 29.3 Å². The number of aryl methyl sites for hydroxylation is 1. The Morgan fingerprint density at radius 3 is 2.79 bits per heavy atom. The third-order valence-corrected chi connectivity index (χ3v) is 2.24. The molecule has 0 aromatic heterocycles. The molecule has 0 bridgehead atoms. The molecular formula is C12H16N2. The van der Waals surface area contributed by atoms with Crippen LogP contribution in [0.1, 0.15) is 12.5 Å². The molecule has 0 saturated carbocycles. The fraction of sp³-hybridized carbons (Fsp3) is 0.333. The predicted octanol–water partition coefficient (Wildman–Crippen LogP) is 2.04. The number of terminal acetylenes is 1. The minimum absolute atomic E-state index is 0.626. The van der Waals surface area contributed by atoms with Gasteiger partial charge < -0.3 is 10.6 Å². The van der Waals surface area contributed by atoms with E-state index in [1.165, 1.54) is 5.56 Å². The lowest BCUT2D eigenvalue weighted by atomic mass is 10.1. The highest BCUT2D eigenvalue weighted by Crippen LogP contribution is 2.22. The van der Waals surface area contributed by atoms with Crippen LogP contribution in [0.15, 0.2) is 18.2 Å². The zero-order valence-electron chi connectivity index (χ0n) is 8.75. The molecule has 0 aliphatic rings. The molecule has 0 atom stereocenters. The van der Waals surface area contributed by atoms with E-state index in [2.05, 4.69) is 24.7 Å². The standard InChI is InChI=1S/C12H16N2/c1-4-8-14(5-2)12-9-11(13)7-6-10(12)3/h1,6-7,9H,5,8,13H2,2-3H3. The Kier molecular flexibility index (Phi) is 3.41. The lowest BCUT2D eigenvalue weighted by Gasteiger charge is -2.22. The van der Waals surface area contributed by atoms with Gasteiger partial charge in [0.05, 0.1) is 6.54 Å². The van der Waals surface area contributed by atoms with Crippen molar-refractivity contribution in [3.63, 3.8) is 0 Å². The summed E-state index contributed by atoms with van der Waals surface area (Å²) in [6.07, 6.45) is 5.31. The van der Waals surface area contributed by atoms with Crippen LogP contribution >= 0.6 is 0 Å². The fourth-order valence-corrected chi connectivity index (χ4v) is 1.44. The SMILES string of the molecule is C#CCN(CC)c1cc(N)ccc1C. The highest BCUT2D eigenvalue weighted by Gasteiger charge is 2.05. The fourth-order valence-electron chi connectivity index (χ4n) is 1.44. The first-order chi connectivity index (χ1) is 6.69. The largest absolute Gasteiger partial charge is 0.399 e. The maximum Gasteiger partial charge on any atom is 0.0791 e. The number of hydrogen-bond donors (Lipinski definition) is 1. The normalized spacial score (nSPS) is 9.50. The van der Waals surface area contributed by atoms with E-state index < -0.39 is 0 Å². The molecule has 0 unspecified atom stereocenters. The molecule has 0 spiro atoms. The van der Waals surface area contributed by atoms with Gasteiger partial charge in [0.25, 0.3) is 0 Å². The van der Waals surface area contributed by atoms with Crippen LogP contribution in [0.2, 0.25) is 0 Å². The first kappa shape index (κ1) is 10.5. The van der Waals surface area contributed by atoms with Crippen molar-refractivity contribution in [2.24, 2.45) is 0 Å². The maximum absolute atomic E-state index is 5.74. The van der Waals surface area contributed by atoms with Gasteiger partial charge in [-0.05, 0) is 31.5 Å². The number of anilines is 2. The molecule has 14 heavy (non-hydrogen) atoms. The van der Waals surface area contributed by atoms with Crippen molar-refractivity contribution in [3.05, 3.63) is 23.8 Å². The van der Waals surface area contributed by atoms with Crippen LogP contribution in [-0.4, -0.2) is 13.1 Å². The van der Waals surface area contributed by atoms with E-state index in [4.69, 9.17) is 12.2 Å². The molecule has 2 N–H and O–H groups in total. The smallest absolute Gasteiger partial charge is 0.0791 e. The summed E-state index contributed by atoms with van der Waals surface area (Å²) in [5.41, 5.74) is 8.85. The van der Waals surface area contributed by atoms with E-state index in [1.54, 1.807) is 0 Å². The quantitative estimate of drug-likeness (QED) is 0.581. The van der Waals surface area contributed by atoms with E-state index in [9.17, 15) is 0 Å². The summed E-state index contributed by atoms with van der Waals surface area (Å²) in [6.45, 7) is 5.67. The molecule has 2 nitrogen and oxygen atoms in total. The molecule has 74 valence electrons. The molecular weight excluding hydrogens is 172 g/mol. The second kappa shape index (κ2) is 4.57. The Bertz CT molecular complexity index is 350. The minimum atomic E-state index is 0.626. The average Bonchev–Trinajstić information content (AvgIpc) is 2.18. The van der Waals surface area contributed by atoms with Crippen LogP contribution in [0.25, 0.3) is 0 Å². The van der Waals surface area contributed by atoms with Crippen LogP contribution in [0, 0.1) is 19.3 Å². The summed E-state index contributed by atoms with van der Waals surface area (Å²) in [6, 6.07) is 5.89. The molecule has 0 heterocycles. The lowest BCUT2D eigenvalue weighted by molar-refractivity contribution is 0.913. The number of nitrogens with two attached hydrogens (primary N) is 1. The molecule has 0 radical (unpaired) electrons. The van der Waals surface area contributed by atoms with Gasteiger partial charge >= 0.3 is 0 Å². The third kappa shape index (κ3) is 2.20. The van der Waals surface area contributed by atoms with Gasteiger partial charge in [-0.25, -0.2) is 0 Å². The predicted molar refractivity (Wildman–Crippen MR) is 62.3 cm³/mol. The van der Waals surface area contributed by atoms with Crippen LogP contribution in [0.4, 0.5) is 11.4 Å². The number of rotatable bonds is 3. The van der Waals surface area contributed by atoms with Gasteiger partial charge in [0, 0.05) is 17.9 Å². The molecule has 0 aliphatic heterocycles. The van der Waals surface area contributed by atoms with E-state index in [-0.39, 0.29) is 0 Å². The second-order valence-corrected chi connectivity index (χ2v) is 3.26. The van der Waals surface area contributed by atoms with Crippen LogP contribution in [0.3, 0.4) is 0 Å². The number of hydrogen-bond acceptors (Lipinski definition) is 2. The van der Waals surface area contributed by atoms with Crippen LogP contribution < -0.4 is 10.6 Å². The Labute approximate surface area is 85.7 Å². The van der Waals surface area contributed by atoms with Gasteiger partial charge in [0.1, 0.15) is 0 Å². The summed E-state index contributed by atoms with van der Waals surface area (Å²) in [7, 11) is 0. The highest BCUT2D eigenvalue weighted by atomic mass is 15.1. The summed E-state index contributed by atoms with van der Waals surface area (Å²) in [5, 5.41) is 0. The maximum atomic E-state index is 5.74. The highest BCUT2D eigenvalue weighted by molar-refractivity contribution is 5.61. The molecule has 0 saturated heterocycles. The zero-order valence-corrected chi connectivity index (χ0v) is 8.75. The van der Waals surface area contributed by atoms with Crippen LogP contribution in [-0.2, 0) is 0 Å². The molecule has 1 rings (SSSR count). The van der Waals surface area contributed by atoms with E-state index in [0.717, 1.165) is 17.9 Å². The van der Waals surface area contributed by atoms with E-state index in [0.29, 0.717) is 6.54 Å². The first-order valence-corrected chi connectivity index (χ1v) is 4.73. The Balaban J connectivity index is 3.03. The van der Waals surface area contributed by atoms with Gasteiger partial charge in [-0.2, -0.15) is 0 Å². The number of nitrogens with zero attached hydrogens (tertiary/aromatic N) is 1. The average molecular weight is 188 g/mol. The molecule has 1 aromatic carbocycles. The Morgan fingerprint density at radius 2 is 2.21 bits per heavy atom. The van der Waals surface area contributed by atoms with Crippen molar-refractivity contribution in [2.75, 3.05) is 23.7 Å². The molecule has 0 fully saturated rings. The number of nitrogen functional groups attached to an aromatic ring is 1. The van der Waals surface area contributed by atoms with Crippen molar-refractivity contribution >= 4 is 11.4 Å². The minimum Gasteiger partial charge on any atom is -0.399 e. The summed E-state index contributed by atoms with van der Waals surface area (Å²) in [5.74, 6) is 2.65. The van der Waals surface area contributed by atoms with Crippen molar-refractivity contribution in [2.45, 2.75) is 13.8 Å². The Hall–Kier alpha value is -1.62. The molecule has 0 amide bonds. The Morgan fingerprint density at radius 1 is 1.50 bits per heavy atom. The van der Waals surface area contributed by atoms with E-state index in [1.807, 2.05) is 18.2 Å². The second-order valence-electron chi connectivity index (χ2n) is 3.26. The zero-order chi connectivity index (χ0) is 10.6. The van der Waals surface area contributed by atoms with Gasteiger partial charge in [-0.15, -0.1) is 6.42 Å². The summed E-state index contributed by atoms with van der Waals surface area (Å²) in [4.78, 5) is 2.13. The molecule has 2 heteroatoms. The summed E-state index contributed by atoms with van der Waals surface area (Å²) >= 11 is 0. The van der Waals surface area contributed by atoms with Crippen molar-refractivity contribution in [1.29, 1.82) is 0 Å². The first-order valence-electron chi connectivity index (χ1n) is 4.73. The van der Waals surface area contributed by atoms with E-state index >= 15 is 0 Å².